The molecular weight excluding hydrogens is 1090 g/mol. The maximum Gasteiger partial charge on any atom is 0.254 e. The number of rotatable bonds is 19. The molecule has 0 spiro atoms. The second kappa shape index (κ2) is 24.5. The fraction of sp³-hybridized carbons (Fsp3) is 0.533. The average Bonchev–Trinajstić information content (AvgIpc) is 2.40. The van der Waals surface area contributed by atoms with Crippen LogP contribution >= 0.6 is 0 Å². The fourth-order valence-corrected chi connectivity index (χ4v) is 13.2. The van der Waals surface area contributed by atoms with Gasteiger partial charge in [-0.3, -0.25) is 34.2 Å². The second-order valence-corrected chi connectivity index (χ2v) is 27.2. The van der Waals surface area contributed by atoms with Crippen LogP contribution in [0.15, 0.2) is 70.9 Å². The molecule has 3 atom stereocenters. The molecule has 0 bridgehead atoms. The smallest absolute Gasteiger partial charge is 0.254 e. The van der Waals surface area contributed by atoms with E-state index in [9.17, 15) is 27.2 Å². The van der Waals surface area contributed by atoms with Crippen molar-refractivity contribution >= 4 is 55.8 Å². The third-order valence-corrected chi connectivity index (χ3v) is 19.5. The molecular formula is C60H80FN15O7S. The predicted molar refractivity (Wildman–Crippen MR) is 321 cm³/mol. The molecule has 3 saturated heterocycles. The van der Waals surface area contributed by atoms with E-state index in [2.05, 4.69) is 81.1 Å². The third kappa shape index (κ3) is 12.8. The number of pyridine rings is 1. The van der Waals surface area contributed by atoms with Crippen molar-refractivity contribution in [3.05, 3.63) is 105 Å². The summed E-state index contributed by atoms with van der Waals surface area (Å²) in [6, 6.07) is 11.1. The van der Waals surface area contributed by atoms with Crippen LogP contribution in [0.1, 0.15) is 83.0 Å². The number of H-pyrrole nitrogens is 1. The molecule has 0 aliphatic carbocycles. The highest BCUT2D eigenvalue weighted by Crippen LogP contribution is 2.41. The molecule has 0 saturated carbocycles. The van der Waals surface area contributed by atoms with E-state index in [-0.39, 0.29) is 65.1 Å². The van der Waals surface area contributed by atoms with Gasteiger partial charge in [0, 0.05) is 131 Å². The van der Waals surface area contributed by atoms with E-state index in [1.165, 1.54) is 18.5 Å². The molecule has 10 rings (SSSR count). The molecule has 3 fully saturated rings. The summed E-state index contributed by atoms with van der Waals surface area (Å²) in [5, 5.41) is 14.7. The highest BCUT2D eigenvalue weighted by atomic mass is 32.2. The number of carbonyl (C=O) groups is 2. The van der Waals surface area contributed by atoms with E-state index in [1.54, 1.807) is 69.0 Å². The van der Waals surface area contributed by atoms with E-state index in [0.717, 1.165) is 60.9 Å². The first kappa shape index (κ1) is 60.0. The lowest BCUT2D eigenvalue weighted by molar-refractivity contribution is -0.142. The molecule has 22 nitrogen and oxygen atoms in total. The minimum Gasteiger partial charge on any atom is -0.492 e. The van der Waals surface area contributed by atoms with E-state index in [1.807, 2.05) is 36.6 Å². The van der Waals surface area contributed by atoms with Crippen molar-refractivity contribution < 1.29 is 31.9 Å². The second-order valence-electron chi connectivity index (χ2n) is 24.5. The Morgan fingerprint density at radius 3 is 2.33 bits per heavy atom. The maximum absolute atomic E-state index is 14.5. The molecule has 2 amide bonds. The van der Waals surface area contributed by atoms with Gasteiger partial charge >= 0.3 is 0 Å². The van der Waals surface area contributed by atoms with Gasteiger partial charge < -0.3 is 39.4 Å². The van der Waals surface area contributed by atoms with Crippen LogP contribution in [0, 0.1) is 19.7 Å². The number of fused-ring (bicyclic) bond motifs is 2. The molecule has 84 heavy (non-hydrogen) atoms. The summed E-state index contributed by atoms with van der Waals surface area (Å²) in [6.07, 6.45) is 5.78. The molecule has 1 unspecified atom stereocenters. The Hall–Kier alpha value is -7.12. The topological polar surface area (TPSA) is 232 Å². The number of anilines is 4. The van der Waals surface area contributed by atoms with E-state index in [0.29, 0.717) is 105 Å². The Balaban J connectivity index is 0.671. The highest BCUT2D eigenvalue weighted by Gasteiger charge is 2.43. The van der Waals surface area contributed by atoms with Gasteiger partial charge in [-0.1, -0.05) is 26.0 Å². The van der Waals surface area contributed by atoms with Crippen molar-refractivity contribution in [3.8, 4) is 11.5 Å². The molecule has 0 radical (unpaired) electrons. The number of piperazine rings is 3. The normalized spacial score (nSPS) is 20.0. The summed E-state index contributed by atoms with van der Waals surface area (Å²) in [5.74, 6) is 2.09. The van der Waals surface area contributed by atoms with Crippen LogP contribution in [-0.2, 0) is 38.3 Å². The Morgan fingerprint density at radius 2 is 1.63 bits per heavy atom. The van der Waals surface area contributed by atoms with Gasteiger partial charge in [-0.2, -0.15) is 5.10 Å². The van der Waals surface area contributed by atoms with Crippen LogP contribution in [0.2, 0.25) is 0 Å². The van der Waals surface area contributed by atoms with Gasteiger partial charge in [0.15, 0.2) is 21.4 Å². The number of halogens is 1. The fourth-order valence-electron chi connectivity index (χ4n) is 11.9. The zero-order valence-electron chi connectivity index (χ0n) is 50.0. The maximum atomic E-state index is 14.5. The van der Waals surface area contributed by atoms with Crippen LogP contribution in [-0.4, -0.2) is 196 Å². The van der Waals surface area contributed by atoms with Gasteiger partial charge in [0.25, 0.3) is 5.56 Å². The molecule has 8 heterocycles. The van der Waals surface area contributed by atoms with Crippen LogP contribution < -0.4 is 35.5 Å². The first-order valence-corrected chi connectivity index (χ1v) is 30.6. The molecule has 24 heteroatoms. The van der Waals surface area contributed by atoms with E-state index >= 15 is 0 Å². The summed E-state index contributed by atoms with van der Waals surface area (Å²) in [5.41, 5.74) is 4.72. The Kier molecular flexibility index (Phi) is 17.5. The molecule has 4 aliphatic rings. The van der Waals surface area contributed by atoms with E-state index < -0.39 is 20.0 Å². The number of hydrogen-bond donors (Lipinski definition) is 3. The summed E-state index contributed by atoms with van der Waals surface area (Å²) < 4.78 is 54.6. The van der Waals surface area contributed by atoms with Crippen molar-refractivity contribution in [2.45, 2.75) is 108 Å². The minimum atomic E-state index is -3.83. The van der Waals surface area contributed by atoms with E-state index in [4.69, 9.17) is 9.47 Å². The molecule has 4 aromatic heterocycles. The van der Waals surface area contributed by atoms with Gasteiger partial charge in [-0.15, -0.1) is 0 Å². The van der Waals surface area contributed by atoms with Gasteiger partial charge in [0.2, 0.25) is 17.8 Å². The summed E-state index contributed by atoms with van der Waals surface area (Å²) in [7, 11) is -2.06. The zero-order chi connectivity index (χ0) is 59.8. The number of nitrogens with one attached hydrogen (secondary N) is 3. The van der Waals surface area contributed by atoms with Crippen LogP contribution in [0.3, 0.4) is 0 Å². The number of carbonyl (C=O) groups excluding carboxylic acids is 2. The molecule has 3 N–H and O–H groups in total. The van der Waals surface area contributed by atoms with Crippen molar-refractivity contribution in [1.82, 2.24) is 59.6 Å². The number of benzene rings is 2. The predicted octanol–water partition coefficient (Wildman–Crippen LogP) is 4.99. The van der Waals surface area contributed by atoms with Crippen molar-refractivity contribution in [3.63, 3.8) is 0 Å². The van der Waals surface area contributed by atoms with Crippen molar-refractivity contribution in [1.29, 1.82) is 0 Å². The number of amides is 2. The van der Waals surface area contributed by atoms with Gasteiger partial charge in [0.1, 0.15) is 35.2 Å². The standard InChI is InChI=1S/C60H80FN15O7S/c1-38-33-75(35-52(77)76-36-60(8,9)53-49(76)27-43(57(79)70(53)10)26-42-12-14-44(61)15-13-42)45(30-62-38)34-74-22-21-72(56(78)41(74)4)23-25-82-46-31-63-58(64-32-46)73-19-17-71(18-20-73)16-11-24-83-50-29-48-47(28-51(50)84(80,81)59(5,6)7)55(66-37-65-48)67-54-39(2)40(3)68-69-54/h12-15,27-29,31-32,37-38,41,45,62H,11,16-26,30,33-36H2,1-10H3,(H2,65,66,67,68,69)/t38-,41?,45-/m1/s1. The van der Waals surface area contributed by atoms with Crippen LogP contribution in [0.5, 0.6) is 11.5 Å². The lowest BCUT2D eigenvalue weighted by Gasteiger charge is -2.45. The SMILES string of the molecule is Cc1[nH]nc(Nc2ncnc3cc(OCCCN4CCN(c5ncc(OCCN6CCN(C[C@H]7CN[C@H](C)CN7CC(=O)N7CC(C)(C)c8c7cc(Cc7ccc(F)cc7)c(=O)n8C)C(C)C6=O)cn5)CC4)c(S(=O)(=O)C(C)(C)C)cc23)c1C. The number of aromatic amines is 1. The number of sulfone groups is 1. The number of hydrogen-bond acceptors (Lipinski definition) is 18. The van der Waals surface area contributed by atoms with Crippen molar-refractivity contribution in [2.75, 3.05) is 113 Å². The summed E-state index contributed by atoms with van der Waals surface area (Å²) >= 11 is 0. The lowest BCUT2D eigenvalue weighted by Crippen LogP contribution is -2.64. The number of nitrogens with zero attached hydrogens (tertiary/aromatic N) is 12. The number of aromatic nitrogens is 7. The van der Waals surface area contributed by atoms with Gasteiger partial charge in [0.05, 0.1) is 59.8 Å². The Bertz CT molecular complexity index is 3550. The van der Waals surface area contributed by atoms with Gasteiger partial charge in [-0.05, 0) is 84.7 Å². The van der Waals surface area contributed by atoms with Crippen LogP contribution in [0.25, 0.3) is 10.9 Å². The summed E-state index contributed by atoms with van der Waals surface area (Å²) in [4.78, 5) is 72.8. The highest BCUT2D eigenvalue weighted by molar-refractivity contribution is 7.92. The van der Waals surface area contributed by atoms with Crippen LogP contribution in [0.4, 0.5) is 27.7 Å². The molecule has 4 aliphatic heterocycles. The molecule has 450 valence electrons. The minimum absolute atomic E-state index is 0.0170. The Morgan fingerprint density at radius 1 is 0.893 bits per heavy atom. The average molecular weight is 1170 g/mol. The number of aryl methyl sites for hydroxylation is 1. The van der Waals surface area contributed by atoms with Gasteiger partial charge in [-0.25, -0.2) is 32.7 Å². The first-order valence-electron chi connectivity index (χ1n) is 29.1. The lowest BCUT2D eigenvalue weighted by atomic mass is 9.90. The zero-order valence-corrected chi connectivity index (χ0v) is 50.9. The molecule has 2 aromatic carbocycles. The summed E-state index contributed by atoms with van der Waals surface area (Å²) in [6.45, 7) is 25.7. The third-order valence-electron chi connectivity index (χ3n) is 17.0. The first-order chi connectivity index (χ1) is 39.9. The molecule has 6 aromatic rings. The van der Waals surface area contributed by atoms with Crippen molar-refractivity contribution in [2.24, 2.45) is 7.05 Å². The number of ether oxygens (including phenoxy) is 2. The quantitative estimate of drug-likeness (QED) is 0.0907. The largest absolute Gasteiger partial charge is 0.492 e. The Labute approximate surface area is 491 Å². The monoisotopic (exact) mass is 1170 g/mol.